The summed E-state index contributed by atoms with van der Waals surface area (Å²) in [7, 11) is 1.66. The van der Waals surface area contributed by atoms with Crippen LogP contribution in [0, 0.1) is 0 Å². The van der Waals surface area contributed by atoms with Gasteiger partial charge in [0, 0.05) is 29.6 Å². The first-order valence-corrected chi connectivity index (χ1v) is 12.6. The van der Waals surface area contributed by atoms with Crippen molar-refractivity contribution in [2.24, 2.45) is 0 Å². The number of fused-ring (bicyclic) bond motifs is 2. The van der Waals surface area contributed by atoms with E-state index in [-0.39, 0.29) is 5.78 Å². The first-order valence-electron chi connectivity index (χ1n) is 12.6. The summed E-state index contributed by atoms with van der Waals surface area (Å²) in [6.45, 7) is 4.55. The number of Topliss-reactive ketones (excluding diaryl/α,β-unsaturated/α-hetero) is 1. The van der Waals surface area contributed by atoms with Crippen LogP contribution >= 0.6 is 0 Å². The molecule has 0 saturated carbocycles. The minimum absolute atomic E-state index is 0.0249. The fraction of sp³-hybridized carbons (Fsp3) is 0.200. The molecule has 4 heterocycles. The van der Waals surface area contributed by atoms with Crippen molar-refractivity contribution in [3.63, 3.8) is 0 Å². The quantitative estimate of drug-likeness (QED) is 0.295. The van der Waals surface area contributed by atoms with Gasteiger partial charge in [0.05, 0.1) is 49.1 Å². The SMILES string of the molecule is COc1cccc(-c2c(/C=C/c3ccc4c(C(C)=O)cccc4n3)nc3c(N4CCOCC4)ccnn23)c1. The molecule has 1 aliphatic rings. The number of hydrogen-bond donors (Lipinski definition) is 0. The molecule has 2 aromatic carbocycles. The second-order valence-electron chi connectivity index (χ2n) is 9.13. The second kappa shape index (κ2) is 10.1. The molecular weight excluding hydrogens is 478 g/mol. The van der Waals surface area contributed by atoms with Crippen LogP contribution in [0.1, 0.15) is 28.7 Å². The third-order valence-electron chi connectivity index (χ3n) is 6.76. The van der Waals surface area contributed by atoms with E-state index in [9.17, 15) is 4.79 Å². The Bertz CT molecular complexity index is 1680. The summed E-state index contributed by atoms with van der Waals surface area (Å²) >= 11 is 0. The van der Waals surface area contributed by atoms with Gasteiger partial charge in [-0.3, -0.25) is 4.79 Å². The van der Waals surface area contributed by atoms with Crippen molar-refractivity contribution in [3.8, 4) is 17.0 Å². The number of ether oxygens (including phenoxy) is 2. The maximum Gasteiger partial charge on any atom is 0.178 e. The monoisotopic (exact) mass is 505 g/mol. The van der Waals surface area contributed by atoms with Gasteiger partial charge in [0.2, 0.25) is 0 Å². The van der Waals surface area contributed by atoms with Crippen LogP contribution in [0.2, 0.25) is 0 Å². The van der Waals surface area contributed by atoms with Crippen LogP contribution < -0.4 is 9.64 Å². The Kier molecular flexibility index (Phi) is 6.31. The Labute approximate surface area is 220 Å². The van der Waals surface area contributed by atoms with E-state index in [1.807, 2.05) is 83.5 Å². The summed E-state index contributed by atoms with van der Waals surface area (Å²) in [6.07, 6.45) is 5.73. The van der Waals surface area contributed by atoms with E-state index in [0.717, 1.165) is 63.7 Å². The Morgan fingerprint density at radius 3 is 2.66 bits per heavy atom. The molecule has 8 heteroatoms. The molecule has 0 aliphatic carbocycles. The van der Waals surface area contributed by atoms with Crippen molar-refractivity contribution >= 4 is 40.2 Å². The number of ketones is 1. The number of methoxy groups -OCH3 is 1. The lowest BCUT2D eigenvalue weighted by atomic mass is 10.0. The molecule has 0 radical (unpaired) electrons. The van der Waals surface area contributed by atoms with Crippen molar-refractivity contribution in [2.45, 2.75) is 6.92 Å². The third kappa shape index (κ3) is 4.39. The molecule has 0 amide bonds. The molecule has 1 saturated heterocycles. The molecule has 6 rings (SSSR count). The minimum atomic E-state index is 0.0249. The lowest BCUT2D eigenvalue weighted by molar-refractivity contribution is 0.101. The highest BCUT2D eigenvalue weighted by Crippen LogP contribution is 2.32. The maximum atomic E-state index is 12.0. The normalized spacial score (nSPS) is 14.0. The number of rotatable bonds is 6. The largest absolute Gasteiger partial charge is 0.497 e. The molecule has 0 spiro atoms. The van der Waals surface area contributed by atoms with Gasteiger partial charge in [-0.2, -0.15) is 5.10 Å². The van der Waals surface area contributed by atoms with Gasteiger partial charge in [0.15, 0.2) is 11.4 Å². The number of morpholine rings is 1. The second-order valence-corrected chi connectivity index (χ2v) is 9.13. The molecule has 1 fully saturated rings. The number of hydrogen-bond acceptors (Lipinski definition) is 7. The number of carbonyl (C=O) groups is 1. The van der Waals surface area contributed by atoms with Gasteiger partial charge >= 0.3 is 0 Å². The van der Waals surface area contributed by atoms with Gasteiger partial charge in [-0.1, -0.05) is 24.3 Å². The standard InChI is InChI=1S/C30H27N5O3/c1-20(36)24-7-4-8-26-25(24)11-9-22(32-26)10-12-27-29(21-5-3-6-23(19-21)37-2)35-30(33-27)28(13-14-31-35)34-15-17-38-18-16-34/h3-14,19H,15-18H2,1-2H3/b12-10+. The first-order chi connectivity index (χ1) is 18.6. The van der Waals surface area contributed by atoms with E-state index in [1.165, 1.54) is 0 Å². The zero-order chi connectivity index (χ0) is 26.1. The van der Waals surface area contributed by atoms with Crippen LogP contribution in [0.5, 0.6) is 5.75 Å². The highest BCUT2D eigenvalue weighted by Gasteiger charge is 2.21. The molecular formula is C30H27N5O3. The van der Waals surface area contributed by atoms with Crippen LogP contribution in [0.25, 0.3) is 40.0 Å². The summed E-state index contributed by atoms with van der Waals surface area (Å²) in [5.41, 5.74) is 6.61. The molecule has 0 unspecified atom stereocenters. The van der Waals surface area contributed by atoms with E-state index in [0.29, 0.717) is 18.8 Å². The predicted octanol–water partition coefficient (Wildman–Crippen LogP) is 5.16. The van der Waals surface area contributed by atoms with Crippen LogP contribution in [0.4, 0.5) is 5.69 Å². The number of carbonyl (C=O) groups excluding carboxylic acids is 1. The van der Waals surface area contributed by atoms with Gasteiger partial charge < -0.3 is 14.4 Å². The van der Waals surface area contributed by atoms with Crippen molar-refractivity contribution < 1.29 is 14.3 Å². The Balaban J connectivity index is 1.48. The van der Waals surface area contributed by atoms with Gasteiger partial charge in [-0.05, 0) is 55.5 Å². The number of nitrogens with zero attached hydrogens (tertiary/aromatic N) is 5. The third-order valence-corrected chi connectivity index (χ3v) is 6.76. The number of benzene rings is 2. The first kappa shape index (κ1) is 23.8. The molecule has 5 aromatic rings. The van der Waals surface area contributed by atoms with Crippen LogP contribution in [0.15, 0.2) is 66.9 Å². The fourth-order valence-electron chi connectivity index (χ4n) is 4.89. The van der Waals surface area contributed by atoms with Crippen LogP contribution in [0.3, 0.4) is 0 Å². The smallest absolute Gasteiger partial charge is 0.178 e. The molecule has 8 nitrogen and oxygen atoms in total. The summed E-state index contributed by atoms with van der Waals surface area (Å²) in [5, 5.41) is 5.53. The van der Waals surface area contributed by atoms with Crippen molar-refractivity contribution in [1.29, 1.82) is 0 Å². The molecule has 0 N–H and O–H groups in total. The predicted molar refractivity (Wildman–Crippen MR) is 149 cm³/mol. The Morgan fingerprint density at radius 1 is 1.00 bits per heavy atom. The van der Waals surface area contributed by atoms with Gasteiger partial charge in [0.1, 0.15) is 11.4 Å². The van der Waals surface area contributed by atoms with E-state index in [2.05, 4.69) is 10.00 Å². The average Bonchev–Trinajstić information content (AvgIpc) is 3.34. The van der Waals surface area contributed by atoms with Gasteiger partial charge in [-0.15, -0.1) is 0 Å². The molecule has 0 bridgehead atoms. The highest BCUT2D eigenvalue weighted by molar-refractivity contribution is 6.06. The topological polar surface area (TPSA) is 81.8 Å². The zero-order valence-electron chi connectivity index (χ0n) is 21.3. The lowest BCUT2D eigenvalue weighted by Crippen LogP contribution is -2.36. The number of aromatic nitrogens is 4. The van der Waals surface area contributed by atoms with E-state index >= 15 is 0 Å². The summed E-state index contributed by atoms with van der Waals surface area (Å²) < 4.78 is 13.0. The highest BCUT2D eigenvalue weighted by atomic mass is 16.5. The summed E-state index contributed by atoms with van der Waals surface area (Å²) in [5.74, 6) is 0.783. The Hall–Kier alpha value is -4.56. The molecule has 3 aromatic heterocycles. The zero-order valence-corrected chi connectivity index (χ0v) is 21.3. The van der Waals surface area contributed by atoms with E-state index < -0.39 is 0 Å². The number of pyridine rings is 1. The van der Waals surface area contributed by atoms with Gasteiger partial charge in [-0.25, -0.2) is 14.5 Å². The van der Waals surface area contributed by atoms with Crippen LogP contribution in [-0.4, -0.2) is 58.8 Å². The summed E-state index contributed by atoms with van der Waals surface area (Å²) in [6, 6.07) is 19.4. The molecule has 38 heavy (non-hydrogen) atoms. The molecule has 190 valence electrons. The van der Waals surface area contributed by atoms with Crippen molar-refractivity contribution in [1.82, 2.24) is 19.6 Å². The van der Waals surface area contributed by atoms with Crippen molar-refractivity contribution in [2.75, 3.05) is 38.3 Å². The minimum Gasteiger partial charge on any atom is -0.497 e. The molecule has 0 atom stereocenters. The summed E-state index contributed by atoms with van der Waals surface area (Å²) in [4.78, 5) is 24.1. The van der Waals surface area contributed by atoms with E-state index in [1.54, 1.807) is 14.0 Å². The van der Waals surface area contributed by atoms with E-state index in [4.69, 9.17) is 19.4 Å². The van der Waals surface area contributed by atoms with Crippen molar-refractivity contribution in [3.05, 3.63) is 83.8 Å². The number of anilines is 1. The lowest BCUT2D eigenvalue weighted by Gasteiger charge is -2.28. The maximum absolute atomic E-state index is 12.0. The fourth-order valence-corrected chi connectivity index (χ4v) is 4.89. The molecule has 1 aliphatic heterocycles. The average molecular weight is 506 g/mol. The number of imidazole rings is 1. The van der Waals surface area contributed by atoms with Gasteiger partial charge in [0.25, 0.3) is 0 Å². The van der Waals surface area contributed by atoms with Crippen LogP contribution in [-0.2, 0) is 4.74 Å². The Morgan fingerprint density at radius 2 is 1.84 bits per heavy atom.